The van der Waals surface area contributed by atoms with E-state index in [1.165, 1.54) is 13.0 Å². The zero-order chi connectivity index (χ0) is 7.19. The third kappa shape index (κ3) is 0.713. The molecule has 0 aromatic heterocycles. The monoisotopic (exact) mass is 142 g/mol. The fraction of sp³-hybridized carbons (Fsp3) is 1.00. The van der Waals surface area contributed by atoms with Crippen LogP contribution < -0.4 is 5.73 Å². The first kappa shape index (κ1) is 6.58. The molecule has 3 nitrogen and oxygen atoms in total. The van der Waals surface area contributed by atoms with E-state index >= 15 is 0 Å². The minimum atomic E-state index is -0.266. The maximum absolute atomic E-state index is 9.00. The molecule has 10 heavy (non-hydrogen) atoms. The lowest BCUT2D eigenvalue weighted by Gasteiger charge is -2.31. The van der Waals surface area contributed by atoms with Gasteiger partial charge in [-0.1, -0.05) is 0 Å². The molecule has 3 N–H and O–H groups in total. The summed E-state index contributed by atoms with van der Waals surface area (Å²) in [5.74, 6) is 0.553. The normalized spacial score (nSPS) is 52.2. The molecule has 0 aromatic carbocycles. The molecule has 0 aromatic rings. The molecule has 0 saturated carbocycles. The van der Waals surface area contributed by atoms with E-state index in [0.29, 0.717) is 5.92 Å². The number of nitrogens with zero attached hydrogens (tertiary/aromatic N) is 1. The fourth-order valence-corrected chi connectivity index (χ4v) is 2.17. The predicted molar refractivity (Wildman–Crippen MR) is 38.6 cm³/mol. The van der Waals surface area contributed by atoms with Crippen molar-refractivity contribution < 1.29 is 5.11 Å². The van der Waals surface area contributed by atoms with Crippen LogP contribution in [-0.2, 0) is 0 Å². The van der Waals surface area contributed by atoms with Gasteiger partial charge in [0.15, 0.2) is 0 Å². The molecule has 2 saturated heterocycles. The molecule has 0 spiro atoms. The lowest BCUT2D eigenvalue weighted by molar-refractivity contribution is 0.145. The first-order valence-corrected chi connectivity index (χ1v) is 3.87. The van der Waals surface area contributed by atoms with E-state index in [4.69, 9.17) is 10.8 Å². The van der Waals surface area contributed by atoms with Crippen molar-refractivity contribution in [3.63, 3.8) is 0 Å². The Labute approximate surface area is 60.8 Å². The first-order chi connectivity index (χ1) is 4.74. The highest BCUT2D eigenvalue weighted by Crippen LogP contribution is 2.33. The van der Waals surface area contributed by atoms with Crippen LogP contribution >= 0.6 is 0 Å². The molecule has 2 heterocycles. The average Bonchev–Trinajstić information content (AvgIpc) is 2.46. The minimum Gasteiger partial charge on any atom is -0.394 e. The molecule has 3 unspecified atom stereocenters. The maximum Gasteiger partial charge on any atom is 0.0627 e. The summed E-state index contributed by atoms with van der Waals surface area (Å²) in [4.78, 5) is 2.33. The third-order valence-corrected chi connectivity index (χ3v) is 2.90. The van der Waals surface area contributed by atoms with Gasteiger partial charge in [0.05, 0.1) is 12.1 Å². The van der Waals surface area contributed by atoms with Gasteiger partial charge in [-0.25, -0.2) is 0 Å². The van der Waals surface area contributed by atoms with Crippen LogP contribution in [0.4, 0.5) is 0 Å². The van der Waals surface area contributed by atoms with Gasteiger partial charge in [-0.2, -0.15) is 0 Å². The zero-order valence-corrected chi connectivity index (χ0v) is 6.08. The summed E-state index contributed by atoms with van der Waals surface area (Å²) < 4.78 is 0. The molecule has 2 fully saturated rings. The number of aliphatic hydroxyl groups excluding tert-OH is 1. The van der Waals surface area contributed by atoms with Crippen LogP contribution in [0.2, 0.25) is 0 Å². The zero-order valence-electron chi connectivity index (χ0n) is 6.08. The Kier molecular flexibility index (Phi) is 1.27. The summed E-state index contributed by atoms with van der Waals surface area (Å²) in [6.45, 7) is 3.34. The van der Waals surface area contributed by atoms with Crippen LogP contribution in [0.25, 0.3) is 0 Å². The molecular formula is C7H14N2O. The van der Waals surface area contributed by atoms with Crippen molar-refractivity contribution in [1.29, 1.82) is 0 Å². The van der Waals surface area contributed by atoms with Crippen molar-refractivity contribution in [2.24, 2.45) is 11.7 Å². The van der Waals surface area contributed by atoms with Gasteiger partial charge in [0.2, 0.25) is 0 Å². The van der Waals surface area contributed by atoms with Crippen molar-refractivity contribution in [2.75, 3.05) is 26.2 Å². The second-order valence-electron chi connectivity index (χ2n) is 3.61. The Morgan fingerprint density at radius 1 is 1.70 bits per heavy atom. The number of piperidine rings is 1. The number of hydrogen-bond acceptors (Lipinski definition) is 3. The number of nitrogens with two attached hydrogens (primary N) is 1. The Morgan fingerprint density at radius 3 is 2.80 bits per heavy atom. The van der Waals surface area contributed by atoms with E-state index < -0.39 is 0 Å². The number of fused-ring (bicyclic) bond motifs is 2. The average molecular weight is 142 g/mol. The van der Waals surface area contributed by atoms with Crippen molar-refractivity contribution in [2.45, 2.75) is 12.0 Å². The fourth-order valence-electron chi connectivity index (χ4n) is 2.17. The van der Waals surface area contributed by atoms with Crippen LogP contribution in [0.3, 0.4) is 0 Å². The van der Waals surface area contributed by atoms with E-state index in [1.807, 2.05) is 0 Å². The Morgan fingerprint density at radius 2 is 2.50 bits per heavy atom. The van der Waals surface area contributed by atoms with Crippen molar-refractivity contribution in [1.82, 2.24) is 4.90 Å². The van der Waals surface area contributed by atoms with Crippen LogP contribution in [0.15, 0.2) is 0 Å². The van der Waals surface area contributed by atoms with Gasteiger partial charge in [-0.05, 0) is 18.9 Å². The molecule has 2 aliphatic heterocycles. The van der Waals surface area contributed by atoms with Crippen LogP contribution in [0, 0.1) is 5.92 Å². The van der Waals surface area contributed by atoms with Crippen LogP contribution in [0.5, 0.6) is 0 Å². The molecule has 2 aliphatic rings. The van der Waals surface area contributed by atoms with Gasteiger partial charge in [-0.3, -0.25) is 0 Å². The van der Waals surface area contributed by atoms with Crippen molar-refractivity contribution >= 4 is 0 Å². The van der Waals surface area contributed by atoms with Crippen LogP contribution in [0.1, 0.15) is 6.42 Å². The molecule has 58 valence electrons. The lowest BCUT2D eigenvalue weighted by Crippen LogP contribution is -2.53. The molecule has 2 rings (SSSR count). The summed E-state index contributed by atoms with van der Waals surface area (Å²) in [5, 5.41) is 9.00. The lowest BCUT2D eigenvalue weighted by atomic mass is 9.86. The molecule has 0 aliphatic carbocycles. The molecule has 0 amide bonds. The predicted octanol–water partition coefficient (Wildman–Crippen LogP) is -0.988. The summed E-state index contributed by atoms with van der Waals surface area (Å²) in [6.07, 6.45) is 1.18. The van der Waals surface area contributed by atoms with Crippen molar-refractivity contribution in [3.05, 3.63) is 0 Å². The topological polar surface area (TPSA) is 49.5 Å². The van der Waals surface area contributed by atoms with E-state index in [9.17, 15) is 0 Å². The first-order valence-electron chi connectivity index (χ1n) is 3.87. The molecule has 3 atom stereocenters. The van der Waals surface area contributed by atoms with Gasteiger partial charge >= 0.3 is 0 Å². The maximum atomic E-state index is 9.00. The van der Waals surface area contributed by atoms with E-state index in [-0.39, 0.29) is 12.1 Å². The second-order valence-corrected chi connectivity index (χ2v) is 3.61. The quantitative estimate of drug-likeness (QED) is 0.494. The smallest absolute Gasteiger partial charge is 0.0627 e. The Balaban J connectivity index is 2.14. The SMILES string of the molecule is NC1(CO)CN2CCC1C2. The molecule has 3 heteroatoms. The minimum absolute atomic E-state index is 0.147. The second kappa shape index (κ2) is 1.94. The molecule has 0 radical (unpaired) electrons. The van der Waals surface area contributed by atoms with Gasteiger partial charge in [0, 0.05) is 13.1 Å². The van der Waals surface area contributed by atoms with E-state index in [2.05, 4.69) is 4.90 Å². The highest BCUT2D eigenvalue weighted by Gasteiger charge is 2.46. The Bertz CT molecular complexity index is 151. The van der Waals surface area contributed by atoms with Gasteiger partial charge in [-0.15, -0.1) is 0 Å². The summed E-state index contributed by atoms with van der Waals surface area (Å²) >= 11 is 0. The highest BCUT2D eigenvalue weighted by molar-refractivity contribution is 5.04. The number of hydrogen-bond donors (Lipinski definition) is 2. The Hall–Kier alpha value is -0.120. The van der Waals surface area contributed by atoms with Gasteiger partial charge in [0.1, 0.15) is 0 Å². The standard InChI is InChI=1S/C7H14N2O/c8-7(5-10)4-9-2-1-6(7)3-9/h6,10H,1-5,8H2. The third-order valence-electron chi connectivity index (χ3n) is 2.90. The summed E-state index contributed by atoms with van der Waals surface area (Å²) in [6, 6.07) is 0. The van der Waals surface area contributed by atoms with Crippen LogP contribution in [-0.4, -0.2) is 41.8 Å². The van der Waals surface area contributed by atoms with E-state index in [1.54, 1.807) is 0 Å². The number of rotatable bonds is 1. The van der Waals surface area contributed by atoms with Crippen molar-refractivity contribution in [3.8, 4) is 0 Å². The number of aliphatic hydroxyl groups is 1. The highest BCUT2D eigenvalue weighted by atomic mass is 16.3. The van der Waals surface area contributed by atoms with Gasteiger partial charge in [0.25, 0.3) is 0 Å². The molecule has 2 bridgehead atoms. The largest absolute Gasteiger partial charge is 0.394 e. The summed E-state index contributed by atoms with van der Waals surface area (Å²) in [7, 11) is 0. The summed E-state index contributed by atoms with van der Waals surface area (Å²) in [5.41, 5.74) is 5.69. The van der Waals surface area contributed by atoms with E-state index in [0.717, 1.165) is 13.1 Å². The molecular weight excluding hydrogens is 128 g/mol. The van der Waals surface area contributed by atoms with Gasteiger partial charge < -0.3 is 15.7 Å².